The summed E-state index contributed by atoms with van der Waals surface area (Å²) < 4.78 is 5.08. The number of pyridine rings is 1. The number of carbonyl (C=O) groups excluding carboxylic acids is 1. The summed E-state index contributed by atoms with van der Waals surface area (Å²) in [5, 5.41) is 1.11. The first-order chi connectivity index (χ1) is 9.54. The standard InChI is InChI=1S/C15H11Cl2NO2/c1-10(19)20-15-3-2-6-18-14(15)5-4-11-7-12(16)9-13(17)8-11/h2-9H,1H3/b5-4+. The number of rotatable bonds is 3. The highest BCUT2D eigenvalue weighted by atomic mass is 35.5. The van der Waals surface area contributed by atoms with Gasteiger partial charge in [-0.1, -0.05) is 29.3 Å². The first-order valence-corrected chi connectivity index (χ1v) is 6.58. The summed E-state index contributed by atoms with van der Waals surface area (Å²) in [5.74, 6) is 0.0165. The molecule has 0 unspecified atom stereocenters. The normalized spacial score (nSPS) is 10.8. The van der Waals surface area contributed by atoms with Crippen molar-refractivity contribution in [1.82, 2.24) is 4.98 Å². The maximum atomic E-state index is 11.0. The molecule has 102 valence electrons. The predicted molar refractivity (Wildman–Crippen MR) is 80.9 cm³/mol. The number of esters is 1. The molecule has 1 aromatic heterocycles. The minimum Gasteiger partial charge on any atom is -0.424 e. The Balaban J connectivity index is 2.29. The molecule has 0 amide bonds. The molecule has 20 heavy (non-hydrogen) atoms. The van der Waals surface area contributed by atoms with E-state index in [-0.39, 0.29) is 0 Å². The van der Waals surface area contributed by atoms with Gasteiger partial charge in [0.25, 0.3) is 0 Å². The summed E-state index contributed by atoms with van der Waals surface area (Å²) >= 11 is 11.9. The van der Waals surface area contributed by atoms with Gasteiger partial charge in [-0.3, -0.25) is 9.78 Å². The van der Waals surface area contributed by atoms with Gasteiger partial charge in [0.15, 0.2) is 5.75 Å². The van der Waals surface area contributed by atoms with Crippen molar-refractivity contribution in [3.63, 3.8) is 0 Å². The lowest BCUT2D eigenvalue weighted by Gasteiger charge is -2.04. The van der Waals surface area contributed by atoms with E-state index in [1.807, 2.05) is 0 Å². The van der Waals surface area contributed by atoms with Crippen LogP contribution in [-0.4, -0.2) is 11.0 Å². The molecule has 2 rings (SSSR count). The van der Waals surface area contributed by atoms with Crippen LogP contribution in [0.5, 0.6) is 5.75 Å². The number of carbonyl (C=O) groups is 1. The molecular formula is C15H11Cl2NO2. The minimum absolute atomic E-state index is 0.390. The quantitative estimate of drug-likeness (QED) is 0.785. The predicted octanol–water partition coefficient (Wildman–Crippen LogP) is 4.48. The highest BCUT2D eigenvalue weighted by Gasteiger charge is 2.04. The largest absolute Gasteiger partial charge is 0.424 e. The summed E-state index contributed by atoms with van der Waals surface area (Å²) in [6, 6.07) is 8.59. The zero-order valence-corrected chi connectivity index (χ0v) is 12.2. The van der Waals surface area contributed by atoms with Gasteiger partial charge in [-0.05, 0) is 42.0 Å². The van der Waals surface area contributed by atoms with Gasteiger partial charge in [0.05, 0.1) is 0 Å². The third kappa shape index (κ3) is 4.08. The second-order valence-corrected chi connectivity index (χ2v) is 4.89. The van der Waals surface area contributed by atoms with Crippen LogP contribution in [0, 0.1) is 0 Å². The summed E-state index contributed by atoms with van der Waals surface area (Å²) in [7, 11) is 0. The van der Waals surface area contributed by atoms with Crippen molar-refractivity contribution in [3.8, 4) is 5.75 Å². The van der Waals surface area contributed by atoms with Gasteiger partial charge in [-0.25, -0.2) is 0 Å². The van der Waals surface area contributed by atoms with Crippen LogP contribution in [0.3, 0.4) is 0 Å². The van der Waals surface area contributed by atoms with E-state index in [1.165, 1.54) is 6.92 Å². The SMILES string of the molecule is CC(=O)Oc1cccnc1/C=C/c1cc(Cl)cc(Cl)c1. The second kappa shape index (κ2) is 6.55. The van der Waals surface area contributed by atoms with Crippen LogP contribution in [0.25, 0.3) is 12.2 Å². The number of aromatic nitrogens is 1. The van der Waals surface area contributed by atoms with E-state index in [1.54, 1.807) is 48.7 Å². The molecule has 0 N–H and O–H groups in total. The molecule has 0 aliphatic rings. The fraction of sp³-hybridized carbons (Fsp3) is 0.0667. The second-order valence-electron chi connectivity index (χ2n) is 4.02. The molecule has 0 saturated heterocycles. The van der Waals surface area contributed by atoms with E-state index in [4.69, 9.17) is 27.9 Å². The number of ether oxygens (including phenoxy) is 1. The number of nitrogens with zero attached hydrogens (tertiary/aromatic N) is 1. The minimum atomic E-state index is -0.390. The van der Waals surface area contributed by atoms with Crippen molar-refractivity contribution in [2.75, 3.05) is 0 Å². The van der Waals surface area contributed by atoms with Crippen molar-refractivity contribution < 1.29 is 9.53 Å². The lowest BCUT2D eigenvalue weighted by atomic mass is 10.2. The fourth-order valence-corrected chi connectivity index (χ4v) is 2.16. The van der Waals surface area contributed by atoms with Crippen LogP contribution in [-0.2, 0) is 4.79 Å². The molecule has 1 heterocycles. The molecule has 0 fully saturated rings. The molecule has 0 atom stereocenters. The van der Waals surface area contributed by atoms with Crippen LogP contribution in [0.15, 0.2) is 36.5 Å². The van der Waals surface area contributed by atoms with Gasteiger partial charge >= 0.3 is 5.97 Å². The van der Waals surface area contributed by atoms with Crippen LogP contribution >= 0.6 is 23.2 Å². The molecule has 0 radical (unpaired) electrons. The Labute approximate surface area is 126 Å². The maximum absolute atomic E-state index is 11.0. The molecule has 5 heteroatoms. The molecule has 0 saturated carbocycles. The molecule has 0 spiro atoms. The number of benzene rings is 1. The Bertz CT molecular complexity index is 648. The number of hydrogen-bond acceptors (Lipinski definition) is 3. The molecule has 0 bridgehead atoms. The molecule has 3 nitrogen and oxygen atoms in total. The van der Waals surface area contributed by atoms with Gasteiger partial charge < -0.3 is 4.74 Å². The summed E-state index contributed by atoms with van der Waals surface area (Å²) in [6.07, 6.45) is 5.16. The average Bonchev–Trinajstić information content (AvgIpc) is 2.36. The van der Waals surface area contributed by atoms with Crippen molar-refractivity contribution >= 4 is 41.3 Å². The zero-order valence-electron chi connectivity index (χ0n) is 10.6. The van der Waals surface area contributed by atoms with Crippen molar-refractivity contribution in [2.24, 2.45) is 0 Å². The van der Waals surface area contributed by atoms with E-state index in [9.17, 15) is 4.79 Å². The lowest BCUT2D eigenvalue weighted by molar-refractivity contribution is -0.131. The first kappa shape index (κ1) is 14.6. The highest BCUT2D eigenvalue weighted by Crippen LogP contribution is 2.22. The van der Waals surface area contributed by atoms with Gasteiger partial charge in [-0.2, -0.15) is 0 Å². The van der Waals surface area contributed by atoms with Crippen LogP contribution < -0.4 is 4.74 Å². The number of halogens is 2. The third-order valence-electron chi connectivity index (χ3n) is 2.37. The van der Waals surface area contributed by atoms with Crippen molar-refractivity contribution in [3.05, 3.63) is 57.8 Å². The Morgan fingerprint density at radius 2 is 1.90 bits per heavy atom. The van der Waals surface area contributed by atoms with Crippen LogP contribution in [0.1, 0.15) is 18.2 Å². The van der Waals surface area contributed by atoms with E-state index < -0.39 is 5.97 Å². The smallest absolute Gasteiger partial charge is 0.308 e. The lowest BCUT2D eigenvalue weighted by Crippen LogP contribution is -2.03. The van der Waals surface area contributed by atoms with Gasteiger partial charge in [0, 0.05) is 23.2 Å². The third-order valence-corrected chi connectivity index (χ3v) is 2.81. The zero-order chi connectivity index (χ0) is 14.5. The van der Waals surface area contributed by atoms with Crippen LogP contribution in [0.2, 0.25) is 10.0 Å². The number of hydrogen-bond donors (Lipinski definition) is 0. The average molecular weight is 308 g/mol. The molecule has 2 aromatic rings. The highest BCUT2D eigenvalue weighted by molar-refractivity contribution is 6.34. The molecular weight excluding hydrogens is 297 g/mol. The monoisotopic (exact) mass is 307 g/mol. The fourth-order valence-electron chi connectivity index (χ4n) is 1.62. The summed E-state index contributed by atoms with van der Waals surface area (Å²) in [6.45, 7) is 1.34. The van der Waals surface area contributed by atoms with Gasteiger partial charge in [0.1, 0.15) is 5.69 Å². The van der Waals surface area contributed by atoms with E-state index in [0.717, 1.165) is 5.56 Å². The Hall–Kier alpha value is -1.84. The van der Waals surface area contributed by atoms with Crippen molar-refractivity contribution in [2.45, 2.75) is 6.92 Å². The molecule has 0 aliphatic heterocycles. The summed E-state index contributed by atoms with van der Waals surface area (Å²) in [4.78, 5) is 15.2. The van der Waals surface area contributed by atoms with Crippen molar-refractivity contribution in [1.29, 1.82) is 0 Å². The van der Waals surface area contributed by atoms with E-state index in [2.05, 4.69) is 4.98 Å². The van der Waals surface area contributed by atoms with Gasteiger partial charge in [-0.15, -0.1) is 0 Å². The topological polar surface area (TPSA) is 39.2 Å². The Morgan fingerprint density at radius 1 is 1.20 bits per heavy atom. The Morgan fingerprint density at radius 3 is 2.55 bits per heavy atom. The first-order valence-electron chi connectivity index (χ1n) is 5.82. The maximum Gasteiger partial charge on any atom is 0.308 e. The van der Waals surface area contributed by atoms with Crippen LogP contribution in [0.4, 0.5) is 0 Å². The summed E-state index contributed by atoms with van der Waals surface area (Å²) in [5.41, 5.74) is 1.39. The molecule has 0 aliphatic carbocycles. The molecule has 1 aromatic carbocycles. The van der Waals surface area contributed by atoms with E-state index in [0.29, 0.717) is 21.5 Å². The van der Waals surface area contributed by atoms with E-state index >= 15 is 0 Å². The van der Waals surface area contributed by atoms with Gasteiger partial charge in [0.2, 0.25) is 0 Å². The Kier molecular flexibility index (Phi) is 4.77.